The molecule has 0 aliphatic heterocycles. The molecule has 0 bridgehead atoms. The van der Waals surface area contributed by atoms with Crippen LogP contribution in [0.25, 0.3) is 0 Å². The van der Waals surface area contributed by atoms with Gasteiger partial charge in [-0.3, -0.25) is 4.79 Å². The van der Waals surface area contributed by atoms with Crippen LogP contribution in [0.15, 0.2) is 24.3 Å². The van der Waals surface area contributed by atoms with Crippen LogP contribution in [0, 0.1) is 13.8 Å². The van der Waals surface area contributed by atoms with Crippen LogP contribution in [0.5, 0.6) is 0 Å². The number of nitrogens with one attached hydrogen (secondary N) is 1. The smallest absolute Gasteiger partial charge is 0.343 e. The molecular weight excluding hydrogens is 378 g/mol. The Kier molecular flexibility index (Phi) is 8.51. The number of esters is 1. The molecule has 0 aliphatic rings. The molecule has 1 heterocycles. The molecule has 0 saturated carbocycles. The van der Waals surface area contributed by atoms with Crippen molar-refractivity contribution in [3.05, 3.63) is 51.8 Å². The van der Waals surface area contributed by atoms with E-state index in [0.717, 1.165) is 31.2 Å². The van der Waals surface area contributed by atoms with Gasteiger partial charge in [-0.15, -0.1) is 0 Å². The molecule has 1 N–H and O–H groups in total. The van der Waals surface area contributed by atoms with Gasteiger partial charge in [-0.1, -0.05) is 67.6 Å². The molecule has 0 aliphatic carbocycles. The second kappa shape index (κ2) is 10.9. The summed E-state index contributed by atoms with van der Waals surface area (Å²) < 4.78 is 6.68. The maximum absolute atomic E-state index is 12.4. The highest BCUT2D eigenvalue weighted by Gasteiger charge is 2.22. The van der Waals surface area contributed by atoms with Crippen LogP contribution in [-0.2, 0) is 16.1 Å². The fourth-order valence-electron chi connectivity index (χ4n) is 2.79. The zero-order valence-corrected chi connectivity index (χ0v) is 17.5. The van der Waals surface area contributed by atoms with Gasteiger partial charge in [0.15, 0.2) is 6.61 Å². The molecule has 28 heavy (non-hydrogen) atoms. The predicted octanol–water partition coefficient (Wildman–Crippen LogP) is 4.05. The average Bonchev–Trinajstić information content (AvgIpc) is 2.95. The molecule has 6 nitrogen and oxygen atoms in total. The lowest BCUT2D eigenvalue weighted by Gasteiger charge is -2.07. The Hall–Kier alpha value is -2.34. The molecule has 1 aromatic heterocycles. The summed E-state index contributed by atoms with van der Waals surface area (Å²) in [5, 5.41) is 7.30. The molecule has 0 spiro atoms. The van der Waals surface area contributed by atoms with Crippen molar-refractivity contribution in [2.75, 3.05) is 13.2 Å². The number of aryl methyl sites for hydroxylation is 2. The largest absolute Gasteiger partial charge is 0.452 e. The number of benzene rings is 1. The van der Waals surface area contributed by atoms with Crippen LogP contribution in [-0.4, -0.2) is 34.8 Å². The predicted molar refractivity (Wildman–Crippen MR) is 110 cm³/mol. The number of hydrogen-bond donors (Lipinski definition) is 1. The van der Waals surface area contributed by atoms with Crippen LogP contribution >= 0.6 is 11.6 Å². The van der Waals surface area contributed by atoms with Crippen LogP contribution in [0.2, 0.25) is 5.15 Å². The Morgan fingerprint density at radius 1 is 1.14 bits per heavy atom. The van der Waals surface area contributed by atoms with E-state index in [0.29, 0.717) is 18.8 Å². The molecule has 2 rings (SSSR count). The van der Waals surface area contributed by atoms with Crippen molar-refractivity contribution in [1.82, 2.24) is 15.1 Å². The van der Waals surface area contributed by atoms with Crippen molar-refractivity contribution in [3.8, 4) is 0 Å². The normalized spacial score (nSPS) is 10.7. The van der Waals surface area contributed by atoms with E-state index in [-0.39, 0.29) is 23.2 Å². The van der Waals surface area contributed by atoms with Gasteiger partial charge in [0.2, 0.25) is 0 Å². The lowest BCUT2D eigenvalue weighted by molar-refractivity contribution is -0.124. The molecular formula is C21H28ClN3O3. The third-order valence-corrected chi connectivity index (χ3v) is 4.79. The Labute approximate surface area is 171 Å². The maximum atomic E-state index is 12.4. The zero-order valence-electron chi connectivity index (χ0n) is 16.8. The first kappa shape index (κ1) is 22.0. The Morgan fingerprint density at radius 3 is 2.54 bits per heavy atom. The fraction of sp³-hybridized carbons (Fsp3) is 0.476. The van der Waals surface area contributed by atoms with Gasteiger partial charge < -0.3 is 10.1 Å². The Balaban J connectivity index is 1.90. The topological polar surface area (TPSA) is 73.2 Å². The van der Waals surface area contributed by atoms with E-state index in [9.17, 15) is 9.59 Å². The number of hydrogen-bond acceptors (Lipinski definition) is 4. The summed E-state index contributed by atoms with van der Waals surface area (Å²) in [7, 11) is 0. The molecule has 1 amide bonds. The van der Waals surface area contributed by atoms with Crippen molar-refractivity contribution in [1.29, 1.82) is 0 Å². The lowest BCUT2D eigenvalue weighted by atomic mass is 10.1. The second-order valence-electron chi connectivity index (χ2n) is 6.88. The summed E-state index contributed by atoms with van der Waals surface area (Å²) >= 11 is 6.35. The number of carbonyl (C=O) groups is 2. The first-order chi connectivity index (χ1) is 13.4. The van der Waals surface area contributed by atoms with Gasteiger partial charge in [0.05, 0.1) is 12.2 Å². The molecule has 2 aromatic rings. The van der Waals surface area contributed by atoms with Crippen molar-refractivity contribution < 1.29 is 14.3 Å². The minimum absolute atomic E-state index is 0.199. The summed E-state index contributed by atoms with van der Waals surface area (Å²) in [5.41, 5.74) is 2.86. The van der Waals surface area contributed by atoms with Gasteiger partial charge >= 0.3 is 5.97 Å². The van der Waals surface area contributed by atoms with E-state index in [2.05, 4.69) is 17.3 Å². The highest BCUT2D eigenvalue weighted by atomic mass is 35.5. The second-order valence-corrected chi connectivity index (χ2v) is 7.24. The minimum Gasteiger partial charge on any atom is -0.452 e. The van der Waals surface area contributed by atoms with Gasteiger partial charge in [-0.05, 0) is 25.8 Å². The van der Waals surface area contributed by atoms with Crippen molar-refractivity contribution >= 4 is 23.5 Å². The molecule has 7 heteroatoms. The summed E-state index contributed by atoms with van der Waals surface area (Å²) in [4.78, 5) is 24.2. The molecule has 0 radical (unpaired) electrons. The molecule has 0 saturated heterocycles. The summed E-state index contributed by atoms with van der Waals surface area (Å²) in [6.07, 6.45) is 4.29. The van der Waals surface area contributed by atoms with E-state index < -0.39 is 5.97 Å². The Bertz CT molecular complexity index is 800. The monoisotopic (exact) mass is 405 g/mol. The van der Waals surface area contributed by atoms with E-state index >= 15 is 0 Å². The van der Waals surface area contributed by atoms with Crippen LogP contribution in [0.1, 0.15) is 59.8 Å². The third kappa shape index (κ3) is 6.37. The quantitative estimate of drug-likeness (QED) is 0.478. The number of ether oxygens (including phenoxy) is 1. The van der Waals surface area contributed by atoms with E-state index in [4.69, 9.17) is 16.3 Å². The van der Waals surface area contributed by atoms with E-state index in [1.807, 2.05) is 31.2 Å². The summed E-state index contributed by atoms with van der Waals surface area (Å²) in [5.74, 6) is -0.954. The number of rotatable bonds is 10. The van der Waals surface area contributed by atoms with Crippen LogP contribution in [0.3, 0.4) is 0 Å². The van der Waals surface area contributed by atoms with Crippen molar-refractivity contribution in [2.45, 2.75) is 53.0 Å². The minimum atomic E-state index is -0.640. The van der Waals surface area contributed by atoms with Gasteiger partial charge in [-0.2, -0.15) is 5.10 Å². The van der Waals surface area contributed by atoms with Crippen molar-refractivity contribution in [2.24, 2.45) is 0 Å². The first-order valence-electron chi connectivity index (χ1n) is 9.64. The average molecular weight is 406 g/mol. The number of amides is 1. The van der Waals surface area contributed by atoms with Gasteiger partial charge in [0.1, 0.15) is 10.7 Å². The number of carbonyl (C=O) groups excluding carboxylic acids is 2. The van der Waals surface area contributed by atoms with Crippen LogP contribution in [0.4, 0.5) is 0 Å². The van der Waals surface area contributed by atoms with E-state index in [1.165, 1.54) is 5.56 Å². The number of aromatic nitrogens is 2. The SMILES string of the molecule is CCCCCCNC(=O)COC(=O)c1c(C)nn(Cc2ccc(C)cc2)c1Cl. The summed E-state index contributed by atoms with van der Waals surface area (Å²) in [6.45, 7) is 6.56. The molecule has 0 atom stereocenters. The number of halogens is 1. The molecule has 152 valence electrons. The molecule has 0 fully saturated rings. The van der Waals surface area contributed by atoms with Crippen molar-refractivity contribution in [3.63, 3.8) is 0 Å². The Morgan fingerprint density at radius 2 is 1.86 bits per heavy atom. The molecule has 1 aromatic carbocycles. The number of unbranched alkanes of at least 4 members (excludes halogenated alkanes) is 3. The maximum Gasteiger partial charge on any atom is 0.343 e. The first-order valence-corrected chi connectivity index (χ1v) is 10.0. The standard InChI is InChI=1S/C21H28ClN3O3/c1-4-5-6-7-12-23-18(26)14-28-21(27)19-16(3)24-25(20(19)22)13-17-10-8-15(2)9-11-17/h8-11H,4-7,12-14H2,1-3H3,(H,23,26). The lowest BCUT2D eigenvalue weighted by Crippen LogP contribution is -2.29. The highest BCUT2D eigenvalue weighted by molar-refractivity contribution is 6.32. The van der Waals surface area contributed by atoms with Crippen LogP contribution < -0.4 is 5.32 Å². The van der Waals surface area contributed by atoms with Gasteiger partial charge in [0, 0.05) is 6.54 Å². The molecule has 0 unspecified atom stereocenters. The third-order valence-electron chi connectivity index (χ3n) is 4.41. The van der Waals surface area contributed by atoms with Gasteiger partial charge in [-0.25, -0.2) is 9.48 Å². The fourth-order valence-corrected chi connectivity index (χ4v) is 3.10. The van der Waals surface area contributed by atoms with E-state index in [1.54, 1.807) is 11.6 Å². The highest BCUT2D eigenvalue weighted by Crippen LogP contribution is 2.22. The number of nitrogens with zero attached hydrogens (tertiary/aromatic N) is 2. The van der Waals surface area contributed by atoms with Gasteiger partial charge in [0.25, 0.3) is 5.91 Å². The zero-order chi connectivity index (χ0) is 20.5. The summed E-state index contributed by atoms with van der Waals surface area (Å²) in [6, 6.07) is 8.00.